The van der Waals surface area contributed by atoms with Gasteiger partial charge in [-0.15, -0.1) is 0 Å². The molecule has 3 rings (SSSR count). The van der Waals surface area contributed by atoms with Gasteiger partial charge in [-0.25, -0.2) is 4.98 Å². The maximum Gasteiger partial charge on any atom is 0.142 e. The van der Waals surface area contributed by atoms with Gasteiger partial charge in [-0.05, 0) is 29.5 Å². The van der Waals surface area contributed by atoms with E-state index >= 15 is 0 Å². The molecule has 0 bridgehead atoms. The van der Waals surface area contributed by atoms with Gasteiger partial charge in [0.25, 0.3) is 0 Å². The minimum absolute atomic E-state index is 0.0842. The fourth-order valence-corrected chi connectivity index (χ4v) is 2.93. The summed E-state index contributed by atoms with van der Waals surface area (Å²) in [6.45, 7) is 8.60. The van der Waals surface area contributed by atoms with Gasteiger partial charge in [0.1, 0.15) is 17.5 Å². The SMILES string of the molecule is Cc1ccc(-c2cc(-c3ccc(C(C)(C)C)cc3)c(C#N)c(N)n2)cc1. The van der Waals surface area contributed by atoms with Gasteiger partial charge in [-0.2, -0.15) is 5.26 Å². The summed E-state index contributed by atoms with van der Waals surface area (Å²) in [5.41, 5.74) is 12.6. The molecule has 0 saturated heterocycles. The molecule has 3 aromatic rings. The molecule has 1 aromatic heterocycles. The zero-order valence-electron chi connectivity index (χ0n) is 15.7. The van der Waals surface area contributed by atoms with Crippen molar-refractivity contribution in [2.45, 2.75) is 33.1 Å². The largest absolute Gasteiger partial charge is 0.383 e. The average molecular weight is 341 g/mol. The molecule has 0 aliphatic carbocycles. The summed E-state index contributed by atoms with van der Waals surface area (Å²) in [6, 6.07) is 20.6. The van der Waals surface area contributed by atoms with E-state index in [9.17, 15) is 5.26 Å². The highest BCUT2D eigenvalue weighted by molar-refractivity contribution is 5.80. The Bertz CT molecular complexity index is 970. The number of nitriles is 1. The molecule has 0 spiro atoms. The zero-order chi connectivity index (χ0) is 18.9. The molecule has 0 amide bonds. The topological polar surface area (TPSA) is 62.7 Å². The number of aromatic nitrogens is 1. The Morgan fingerprint density at radius 1 is 0.923 bits per heavy atom. The van der Waals surface area contributed by atoms with Gasteiger partial charge < -0.3 is 5.73 Å². The van der Waals surface area contributed by atoms with E-state index in [1.807, 2.05) is 37.3 Å². The molecular formula is C23H23N3. The number of aryl methyl sites for hydroxylation is 1. The minimum Gasteiger partial charge on any atom is -0.383 e. The zero-order valence-corrected chi connectivity index (χ0v) is 15.7. The van der Waals surface area contributed by atoms with Crippen molar-refractivity contribution in [1.82, 2.24) is 4.98 Å². The molecule has 0 fully saturated rings. The molecule has 0 atom stereocenters. The molecule has 3 nitrogen and oxygen atoms in total. The Morgan fingerprint density at radius 3 is 2.04 bits per heavy atom. The van der Waals surface area contributed by atoms with Gasteiger partial charge in [0, 0.05) is 11.1 Å². The fourth-order valence-electron chi connectivity index (χ4n) is 2.93. The van der Waals surface area contributed by atoms with Crippen LogP contribution >= 0.6 is 0 Å². The first kappa shape index (κ1) is 17.7. The third kappa shape index (κ3) is 3.45. The molecule has 0 saturated carbocycles. The van der Waals surface area contributed by atoms with Gasteiger partial charge in [0.15, 0.2) is 0 Å². The lowest BCUT2D eigenvalue weighted by Crippen LogP contribution is -2.10. The van der Waals surface area contributed by atoms with Crippen LogP contribution in [0, 0.1) is 18.3 Å². The molecule has 3 heteroatoms. The summed E-state index contributed by atoms with van der Waals surface area (Å²) in [5.74, 6) is 0.264. The van der Waals surface area contributed by atoms with E-state index in [0.29, 0.717) is 5.56 Å². The summed E-state index contributed by atoms with van der Waals surface area (Å²) in [6.07, 6.45) is 0. The highest BCUT2D eigenvalue weighted by Crippen LogP contribution is 2.32. The minimum atomic E-state index is 0.0842. The molecule has 130 valence electrons. The molecule has 0 aliphatic rings. The number of rotatable bonds is 2. The second kappa shape index (κ2) is 6.65. The van der Waals surface area contributed by atoms with E-state index in [0.717, 1.165) is 22.4 Å². The normalized spacial score (nSPS) is 11.2. The number of anilines is 1. The highest BCUT2D eigenvalue weighted by atomic mass is 14.8. The molecule has 2 N–H and O–H groups in total. The quantitative estimate of drug-likeness (QED) is 0.671. The Balaban J connectivity index is 2.14. The van der Waals surface area contributed by atoms with Gasteiger partial charge in [0.2, 0.25) is 0 Å². The first-order valence-electron chi connectivity index (χ1n) is 8.68. The van der Waals surface area contributed by atoms with Crippen LogP contribution in [0.1, 0.15) is 37.5 Å². The summed E-state index contributed by atoms with van der Waals surface area (Å²) in [5, 5.41) is 9.57. The summed E-state index contributed by atoms with van der Waals surface area (Å²) >= 11 is 0. The standard InChI is InChI=1S/C23H23N3/c1-15-5-7-17(8-6-15)21-13-19(20(14-24)22(25)26-21)16-9-11-18(12-10-16)23(2,3)4/h5-13H,1-4H3,(H2,25,26). The number of pyridine rings is 1. The maximum absolute atomic E-state index is 9.57. The predicted molar refractivity (Wildman–Crippen MR) is 108 cm³/mol. The fraction of sp³-hybridized carbons (Fsp3) is 0.217. The van der Waals surface area contributed by atoms with Crippen LogP contribution in [0.4, 0.5) is 5.82 Å². The molecular weight excluding hydrogens is 318 g/mol. The van der Waals surface area contributed by atoms with E-state index in [4.69, 9.17) is 5.73 Å². The van der Waals surface area contributed by atoms with Crippen molar-refractivity contribution in [1.29, 1.82) is 5.26 Å². The number of nitrogens with two attached hydrogens (primary N) is 1. The van der Waals surface area contributed by atoms with E-state index in [1.165, 1.54) is 11.1 Å². The molecule has 1 heterocycles. The van der Waals surface area contributed by atoms with Crippen molar-refractivity contribution in [2.24, 2.45) is 0 Å². The van der Waals surface area contributed by atoms with E-state index in [2.05, 4.69) is 56.1 Å². The van der Waals surface area contributed by atoms with Crippen LogP contribution in [0.3, 0.4) is 0 Å². The lowest BCUT2D eigenvalue weighted by atomic mass is 9.86. The Hall–Kier alpha value is -3.12. The Kier molecular flexibility index (Phi) is 4.52. The predicted octanol–water partition coefficient (Wildman–Crippen LogP) is 5.48. The summed E-state index contributed by atoms with van der Waals surface area (Å²) in [4.78, 5) is 4.44. The van der Waals surface area contributed by atoms with Crippen molar-refractivity contribution >= 4 is 5.82 Å². The van der Waals surface area contributed by atoms with Gasteiger partial charge >= 0.3 is 0 Å². The van der Waals surface area contributed by atoms with Crippen LogP contribution < -0.4 is 5.73 Å². The van der Waals surface area contributed by atoms with Crippen LogP contribution in [0.15, 0.2) is 54.6 Å². The van der Waals surface area contributed by atoms with Crippen molar-refractivity contribution in [3.8, 4) is 28.5 Å². The van der Waals surface area contributed by atoms with Gasteiger partial charge in [-0.3, -0.25) is 0 Å². The number of nitrogen functional groups attached to an aromatic ring is 1. The van der Waals surface area contributed by atoms with Crippen molar-refractivity contribution < 1.29 is 0 Å². The summed E-state index contributed by atoms with van der Waals surface area (Å²) in [7, 11) is 0. The van der Waals surface area contributed by atoms with E-state index in [-0.39, 0.29) is 11.2 Å². The van der Waals surface area contributed by atoms with Crippen LogP contribution in [-0.4, -0.2) is 4.98 Å². The Morgan fingerprint density at radius 2 is 1.50 bits per heavy atom. The van der Waals surface area contributed by atoms with Crippen molar-refractivity contribution in [2.75, 3.05) is 5.73 Å². The Labute approximate surface area is 155 Å². The average Bonchev–Trinajstić information content (AvgIpc) is 2.61. The number of hydrogen-bond donors (Lipinski definition) is 1. The third-order valence-electron chi connectivity index (χ3n) is 4.57. The second-order valence-electron chi connectivity index (χ2n) is 7.62. The molecule has 0 aliphatic heterocycles. The van der Waals surface area contributed by atoms with Crippen molar-refractivity contribution in [3.05, 3.63) is 71.3 Å². The third-order valence-corrected chi connectivity index (χ3v) is 4.57. The second-order valence-corrected chi connectivity index (χ2v) is 7.62. The van der Waals surface area contributed by atoms with Crippen LogP contribution in [0.2, 0.25) is 0 Å². The smallest absolute Gasteiger partial charge is 0.142 e. The van der Waals surface area contributed by atoms with E-state index < -0.39 is 0 Å². The maximum atomic E-state index is 9.57. The molecule has 2 aromatic carbocycles. The number of nitrogens with zero attached hydrogens (tertiary/aromatic N) is 2. The highest BCUT2D eigenvalue weighted by Gasteiger charge is 2.16. The lowest BCUT2D eigenvalue weighted by Gasteiger charge is -2.19. The summed E-state index contributed by atoms with van der Waals surface area (Å²) < 4.78 is 0. The number of hydrogen-bond acceptors (Lipinski definition) is 3. The van der Waals surface area contributed by atoms with Crippen LogP contribution in [0.5, 0.6) is 0 Å². The van der Waals surface area contributed by atoms with E-state index in [1.54, 1.807) is 0 Å². The van der Waals surface area contributed by atoms with Crippen LogP contribution in [-0.2, 0) is 5.41 Å². The lowest BCUT2D eigenvalue weighted by molar-refractivity contribution is 0.590. The first-order chi connectivity index (χ1) is 12.3. The molecule has 0 radical (unpaired) electrons. The molecule has 26 heavy (non-hydrogen) atoms. The number of benzene rings is 2. The van der Waals surface area contributed by atoms with Crippen molar-refractivity contribution in [3.63, 3.8) is 0 Å². The van der Waals surface area contributed by atoms with Crippen LogP contribution in [0.25, 0.3) is 22.4 Å². The first-order valence-corrected chi connectivity index (χ1v) is 8.68. The van der Waals surface area contributed by atoms with Gasteiger partial charge in [-0.1, -0.05) is 74.9 Å². The monoisotopic (exact) mass is 341 g/mol. The molecule has 0 unspecified atom stereocenters. The van der Waals surface area contributed by atoms with Gasteiger partial charge in [0.05, 0.1) is 5.69 Å².